The molecule has 8 heterocycles. The molecule has 22 nitrogen and oxygen atoms in total. The van der Waals surface area contributed by atoms with Crippen molar-refractivity contribution in [2.75, 3.05) is 92.8 Å². The molecule has 2 saturated heterocycles. The second kappa shape index (κ2) is 22.7. The number of carbonyl (C=O) groups is 6. The zero-order valence-corrected chi connectivity index (χ0v) is 44.3. The molecule has 2 atom stereocenters. The van der Waals surface area contributed by atoms with Gasteiger partial charge in [0, 0.05) is 93.7 Å². The van der Waals surface area contributed by atoms with Crippen molar-refractivity contribution in [3.05, 3.63) is 111 Å². The number of ether oxygens (including phenoxy) is 3. The molecule has 4 N–H and O–H groups in total. The summed E-state index contributed by atoms with van der Waals surface area (Å²) in [6.07, 6.45) is 7.30. The van der Waals surface area contributed by atoms with Crippen molar-refractivity contribution >= 4 is 64.1 Å². The van der Waals surface area contributed by atoms with Crippen LogP contribution >= 0.6 is 0 Å². The van der Waals surface area contributed by atoms with Gasteiger partial charge >= 0.3 is 0 Å². The Hall–Kier alpha value is -7.79. The monoisotopic (exact) mass is 1070 g/mol. The minimum Gasteiger partial charge on any atom is -0.392 e. The average Bonchev–Trinajstić information content (AvgIpc) is 4.07. The van der Waals surface area contributed by atoms with Crippen molar-refractivity contribution < 1.29 is 48.1 Å². The molecule has 5 aliphatic rings. The molecule has 10 rings (SSSR count). The Kier molecular flexibility index (Phi) is 15.6. The highest BCUT2D eigenvalue weighted by molar-refractivity contribution is 6.25. The molecule has 4 aromatic heterocycles. The summed E-state index contributed by atoms with van der Waals surface area (Å²) in [6, 6.07) is 13.1. The number of benzene rings is 1. The molecule has 1 aromatic carbocycles. The first-order valence-electron chi connectivity index (χ1n) is 26.5. The van der Waals surface area contributed by atoms with Crippen LogP contribution in [-0.2, 0) is 61.6 Å². The number of piperidine rings is 1. The fraction of sp³-hybridized carbons (Fsp3) is 0.446. The third-order valence-corrected chi connectivity index (χ3v) is 15.1. The normalized spacial score (nSPS) is 18.8. The third-order valence-electron chi connectivity index (χ3n) is 15.1. The topological polar surface area (TPSA) is 252 Å². The molecule has 410 valence electrons. The highest BCUT2D eigenvalue weighted by Crippen LogP contribution is 2.40. The van der Waals surface area contributed by atoms with Crippen LogP contribution in [0.1, 0.15) is 88.1 Å². The van der Waals surface area contributed by atoms with Gasteiger partial charge in [0.05, 0.1) is 75.7 Å². The van der Waals surface area contributed by atoms with Gasteiger partial charge in [-0.3, -0.25) is 48.7 Å². The summed E-state index contributed by atoms with van der Waals surface area (Å²) in [7, 11) is 1.66. The lowest BCUT2D eigenvalue weighted by molar-refractivity contribution is -0.136. The molecule has 1 aliphatic carbocycles. The predicted octanol–water partition coefficient (Wildman–Crippen LogP) is 3.66. The number of hydrogen-bond acceptors (Lipinski definition) is 16. The van der Waals surface area contributed by atoms with Crippen LogP contribution in [0.3, 0.4) is 0 Å². The van der Waals surface area contributed by atoms with Gasteiger partial charge < -0.3 is 48.9 Å². The van der Waals surface area contributed by atoms with Gasteiger partial charge in [0.1, 0.15) is 29.1 Å². The van der Waals surface area contributed by atoms with Crippen molar-refractivity contribution in [1.82, 2.24) is 34.2 Å². The maximum absolute atomic E-state index is 14.0. The number of aryl methyl sites for hydroxylation is 1. The van der Waals surface area contributed by atoms with E-state index in [9.17, 15) is 38.7 Å². The van der Waals surface area contributed by atoms with E-state index in [0.29, 0.717) is 112 Å². The molecule has 78 heavy (non-hydrogen) atoms. The number of rotatable bonds is 20. The van der Waals surface area contributed by atoms with Gasteiger partial charge in [-0.15, -0.1) is 0 Å². The average molecular weight is 1070 g/mol. The van der Waals surface area contributed by atoms with Crippen LogP contribution in [-0.4, -0.2) is 154 Å². The van der Waals surface area contributed by atoms with Crippen LogP contribution in [0.15, 0.2) is 71.9 Å². The number of amides is 6. The highest BCUT2D eigenvalue weighted by Gasteiger charge is 2.46. The summed E-state index contributed by atoms with van der Waals surface area (Å²) in [6.45, 7) is 11.1. The number of aliphatic hydroxyl groups excluding tert-OH is 1. The Labute approximate surface area is 450 Å². The number of hydrogen-bond donors (Lipinski definition) is 4. The standard InChI is InChI=1S/C56H65N11O11/c1-34-31-63(48(70)13-20-76-22-24-78-25-23-77-21-15-57-41-7-5-6-39-49(41)55(75)67(52(39)72)43-9-11-47(69)61-51(43)71)16-17-64(34)37-8-10-46(59-30-37)60-42-26-36(32-62(4)53(42)73)38-12-14-58-50(40(38)33-68)66-19-18-65-44(54(66)74)27-35-28-56(2,3)29-45(35)65/h5-8,10,12,14,26-27,30,32,34,43,57,68H,9,11,13,15-25,28-29,31,33H2,1-4H3,(H,59,60)(H,61,69,71)/t34-,43?/m0/s1. The molecule has 5 aromatic rings. The second-order valence-electron chi connectivity index (χ2n) is 21.1. The van der Waals surface area contributed by atoms with Crippen molar-refractivity contribution in [1.29, 1.82) is 0 Å². The molecular formula is C56H65N11O11. The van der Waals surface area contributed by atoms with E-state index >= 15 is 0 Å². The van der Waals surface area contributed by atoms with Gasteiger partial charge in [0.15, 0.2) is 0 Å². The number of aromatic nitrogens is 4. The maximum atomic E-state index is 14.0. The predicted molar refractivity (Wildman–Crippen MR) is 288 cm³/mol. The van der Waals surface area contributed by atoms with Crippen LogP contribution in [0, 0.1) is 5.41 Å². The number of carbonyl (C=O) groups excluding carboxylic acids is 6. The molecule has 0 bridgehead atoms. The first-order valence-corrected chi connectivity index (χ1v) is 26.5. The largest absolute Gasteiger partial charge is 0.392 e. The van der Waals surface area contributed by atoms with Crippen LogP contribution in [0.25, 0.3) is 11.1 Å². The van der Waals surface area contributed by atoms with Crippen molar-refractivity contribution in [2.24, 2.45) is 12.5 Å². The van der Waals surface area contributed by atoms with Crippen molar-refractivity contribution in [3.63, 3.8) is 0 Å². The van der Waals surface area contributed by atoms with E-state index in [1.54, 1.807) is 60.9 Å². The molecular weight excluding hydrogens is 1000 g/mol. The van der Waals surface area contributed by atoms with Gasteiger partial charge in [0.25, 0.3) is 23.3 Å². The van der Waals surface area contributed by atoms with Crippen LogP contribution in [0.5, 0.6) is 0 Å². The van der Waals surface area contributed by atoms with Crippen molar-refractivity contribution in [3.8, 4) is 11.1 Å². The SMILES string of the molecule is C[C@H]1CN(C(=O)CCOCCOCCOCCNc2cccc3c2C(=O)N(C2CCC(=O)NC2=O)C3=O)CCN1c1ccc(Nc2cc(-c3ccnc(N4CCn5c(cc6c5CC(C)(C)C6)C4=O)c3CO)cn(C)c2=O)nc1. The minimum absolute atomic E-state index is 0.00523. The molecule has 0 spiro atoms. The first kappa shape index (κ1) is 53.6. The van der Waals surface area contributed by atoms with Gasteiger partial charge in [-0.1, -0.05) is 19.9 Å². The quantitative estimate of drug-likeness (QED) is 0.0641. The van der Waals surface area contributed by atoms with E-state index in [2.05, 4.69) is 56.2 Å². The van der Waals surface area contributed by atoms with Crippen LogP contribution < -0.4 is 31.3 Å². The van der Waals surface area contributed by atoms with E-state index in [0.717, 1.165) is 23.4 Å². The first-order chi connectivity index (χ1) is 37.6. The number of nitrogens with one attached hydrogen (secondary N) is 3. The Morgan fingerprint density at radius 3 is 2.37 bits per heavy atom. The van der Waals surface area contributed by atoms with E-state index in [-0.39, 0.29) is 78.1 Å². The summed E-state index contributed by atoms with van der Waals surface area (Å²) in [5.41, 5.74) is 6.78. The van der Waals surface area contributed by atoms with Crippen LogP contribution in [0.4, 0.5) is 28.7 Å². The fourth-order valence-corrected chi connectivity index (χ4v) is 11.3. The van der Waals surface area contributed by atoms with Gasteiger partial charge in [-0.2, -0.15) is 0 Å². The fourth-order valence-electron chi connectivity index (χ4n) is 11.3. The second-order valence-corrected chi connectivity index (χ2v) is 21.1. The van der Waals surface area contributed by atoms with Crippen molar-refractivity contribution in [2.45, 2.75) is 78.1 Å². The zero-order chi connectivity index (χ0) is 54.8. The number of anilines is 5. The van der Waals surface area contributed by atoms with E-state index in [1.165, 1.54) is 15.8 Å². The minimum atomic E-state index is -1.04. The van der Waals surface area contributed by atoms with Gasteiger partial charge in [-0.25, -0.2) is 9.97 Å². The third kappa shape index (κ3) is 10.9. The Morgan fingerprint density at radius 2 is 1.63 bits per heavy atom. The van der Waals surface area contributed by atoms with E-state index in [4.69, 9.17) is 14.2 Å². The van der Waals surface area contributed by atoms with Crippen LogP contribution in [0.2, 0.25) is 0 Å². The number of piperazine rings is 1. The summed E-state index contributed by atoms with van der Waals surface area (Å²) in [5, 5.41) is 19.3. The molecule has 1 unspecified atom stereocenters. The summed E-state index contributed by atoms with van der Waals surface area (Å²) in [5.74, 6) is -1.53. The molecule has 2 fully saturated rings. The summed E-state index contributed by atoms with van der Waals surface area (Å²) in [4.78, 5) is 107. The highest BCUT2D eigenvalue weighted by atomic mass is 16.5. The Morgan fingerprint density at radius 1 is 0.846 bits per heavy atom. The molecule has 4 aliphatic heterocycles. The number of aliphatic hydroxyl groups is 1. The van der Waals surface area contributed by atoms with Gasteiger partial charge in [0.2, 0.25) is 17.7 Å². The zero-order valence-electron chi connectivity index (χ0n) is 44.3. The number of fused-ring (bicyclic) bond motifs is 4. The Bertz CT molecular complexity index is 3230. The number of pyridine rings is 3. The molecule has 0 saturated carbocycles. The summed E-state index contributed by atoms with van der Waals surface area (Å²) >= 11 is 0. The Balaban J connectivity index is 0.633. The lowest BCUT2D eigenvalue weighted by Gasteiger charge is -2.41. The smallest absolute Gasteiger partial charge is 0.276 e. The molecule has 6 amide bonds. The number of nitrogens with zero attached hydrogens (tertiary/aromatic N) is 8. The molecule has 0 radical (unpaired) electrons. The van der Waals surface area contributed by atoms with Gasteiger partial charge in [-0.05, 0) is 85.2 Å². The summed E-state index contributed by atoms with van der Waals surface area (Å²) < 4.78 is 20.6. The van der Waals surface area contributed by atoms with E-state index in [1.807, 2.05) is 23.1 Å². The maximum Gasteiger partial charge on any atom is 0.276 e. The number of imide groups is 2. The lowest BCUT2D eigenvalue weighted by Crippen LogP contribution is -2.54. The lowest BCUT2D eigenvalue weighted by atomic mass is 9.90. The molecule has 22 heteroatoms. The van der Waals surface area contributed by atoms with E-state index < -0.39 is 29.7 Å².